The maximum absolute atomic E-state index is 4.52. The van der Waals surface area contributed by atoms with Gasteiger partial charge >= 0.3 is 0 Å². The summed E-state index contributed by atoms with van der Waals surface area (Å²) >= 11 is 0. The number of fused-ring (bicyclic) bond motifs is 3. The molecule has 1 aromatic rings. The number of hydrogen-bond acceptors (Lipinski definition) is 5. The number of halogens is 1. The van der Waals surface area contributed by atoms with Gasteiger partial charge in [-0.05, 0) is 38.0 Å². The molecule has 6 heteroatoms. The fourth-order valence-electron chi connectivity index (χ4n) is 4.17. The molecule has 0 amide bonds. The van der Waals surface area contributed by atoms with Crippen molar-refractivity contribution < 1.29 is 0 Å². The van der Waals surface area contributed by atoms with Gasteiger partial charge in [-0.25, -0.2) is 9.97 Å². The van der Waals surface area contributed by atoms with Crippen molar-refractivity contribution in [2.45, 2.75) is 37.6 Å². The number of hydrogen-bond donors (Lipinski definition) is 1. The smallest absolute Gasteiger partial charge is 0.159 e. The highest BCUT2D eigenvalue weighted by Crippen LogP contribution is 2.50. The second kappa shape index (κ2) is 4.65. The molecule has 2 fully saturated rings. The molecule has 0 radical (unpaired) electrons. The van der Waals surface area contributed by atoms with E-state index < -0.39 is 0 Å². The van der Waals surface area contributed by atoms with E-state index in [-0.39, 0.29) is 12.4 Å². The maximum Gasteiger partial charge on any atom is 0.159 e. The Hall–Kier alpha value is -1.23. The Morgan fingerprint density at radius 1 is 1.20 bits per heavy atom. The first-order chi connectivity index (χ1) is 9.17. The highest BCUT2D eigenvalue weighted by atomic mass is 35.5. The highest BCUT2D eigenvalue weighted by Gasteiger charge is 2.45. The van der Waals surface area contributed by atoms with Crippen LogP contribution in [-0.2, 0) is 0 Å². The Balaban J connectivity index is 0.00000121. The van der Waals surface area contributed by atoms with Gasteiger partial charge in [-0.15, -0.1) is 12.4 Å². The van der Waals surface area contributed by atoms with Gasteiger partial charge in [-0.2, -0.15) is 0 Å². The summed E-state index contributed by atoms with van der Waals surface area (Å²) in [5, 5.41) is 3.78. The zero-order valence-electron chi connectivity index (χ0n) is 12.1. The Bertz CT molecular complexity index is 512. The third kappa shape index (κ3) is 1.91. The lowest BCUT2D eigenvalue weighted by atomic mass is 9.94. The third-order valence-electron chi connectivity index (χ3n) is 5.10. The highest BCUT2D eigenvalue weighted by molar-refractivity contribution is 5.85. The lowest BCUT2D eigenvalue weighted by Gasteiger charge is -2.30. The minimum atomic E-state index is 0. The van der Waals surface area contributed by atoms with Crippen molar-refractivity contribution in [3.63, 3.8) is 0 Å². The Kier molecular flexibility index (Phi) is 3.20. The van der Waals surface area contributed by atoms with Crippen LogP contribution in [0.1, 0.15) is 32.1 Å². The van der Waals surface area contributed by atoms with Crippen LogP contribution in [0.2, 0.25) is 0 Å². The number of rotatable bonds is 2. The van der Waals surface area contributed by atoms with Gasteiger partial charge in [-0.3, -0.25) is 0 Å². The summed E-state index contributed by atoms with van der Waals surface area (Å²) < 4.78 is 0. The molecule has 1 aromatic heterocycles. The number of aromatic nitrogens is 2. The van der Waals surface area contributed by atoms with E-state index in [0.717, 1.165) is 29.9 Å². The first-order valence-corrected chi connectivity index (χ1v) is 7.22. The Morgan fingerprint density at radius 2 is 1.95 bits per heavy atom. The molecule has 2 bridgehead atoms. The van der Waals surface area contributed by atoms with Gasteiger partial charge in [0.2, 0.25) is 0 Å². The van der Waals surface area contributed by atoms with E-state index >= 15 is 0 Å². The van der Waals surface area contributed by atoms with Crippen LogP contribution in [0, 0.1) is 5.92 Å². The fourth-order valence-corrected chi connectivity index (χ4v) is 4.17. The van der Waals surface area contributed by atoms with Crippen LogP contribution in [0.3, 0.4) is 0 Å². The standard InChI is InChI=1S/C14H21N5.ClH/c1-18-9-19(2)13-11(18)12(15-8-16-13)17-14-5-3-10(7-14)4-6-14;/h8,10H,3-7,9H2,1-2H3,(H,15,16,17);1H. The van der Waals surface area contributed by atoms with Crippen molar-refractivity contribution in [1.29, 1.82) is 0 Å². The molecule has 2 saturated carbocycles. The van der Waals surface area contributed by atoms with E-state index in [0.29, 0.717) is 5.54 Å². The van der Waals surface area contributed by atoms with Crippen LogP contribution in [0.15, 0.2) is 6.33 Å². The van der Waals surface area contributed by atoms with Crippen LogP contribution in [0.4, 0.5) is 17.3 Å². The van der Waals surface area contributed by atoms with E-state index in [1.165, 1.54) is 32.1 Å². The summed E-state index contributed by atoms with van der Waals surface area (Å²) in [6, 6.07) is 0. The Morgan fingerprint density at radius 3 is 2.60 bits per heavy atom. The fraction of sp³-hybridized carbons (Fsp3) is 0.714. The maximum atomic E-state index is 4.52. The molecule has 1 N–H and O–H groups in total. The molecule has 3 aliphatic rings. The van der Waals surface area contributed by atoms with Crippen LogP contribution < -0.4 is 15.1 Å². The third-order valence-corrected chi connectivity index (χ3v) is 5.10. The minimum Gasteiger partial charge on any atom is -0.363 e. The lowest BCUT2D eigenvalue weighted by molar-refractivity contribution is 0.446. The Labute approximate surface area is 126 Å². The summed E-state index contributed by atoms with van der Waals surface area (Å²) in [7, 11) is 4.19. The molecule has 110 valence electrons. The van der Waals surface area contributed by atoms with Gasteiger partial charge in [0.25, 0.3) is 0 Å². The van der Waals surface area contributed by atoms with Crippen molar-refractivity contribution in [3.8, 4) is 0 Å². The SMILES string of the molecule is CN1CN(C)c2c(NC34CCC(CC3)C4)ncnc21.Cl. The number of nitrogens with zero attached hydrogens (tertiary/aromatic N) is 4. The molecular weight excluding hydrogens is 274 g/mol. The monoisotopic (exact) mass is 295 g/mol. The first kappa shape index (κ1) is 13.7. The second-order valence-corrected chi connectivity index (χ2v) is 6.48. The van der Waals surface area contributed by atoms with E-state index in [9.17, 15) is 0 Å². The molecule has 2 heterocycles. The summed E-state index contributed by atoms with van der Waals surface area (Å²) in [6.45, 7) is 0.887. The zero-order valence-corrected chi connectivity index (χ0v) is 12.9. The van der Waals surface area contributed by atoms with E-state index in [1.807, 2.05) is 0 Å². The minimum absolute atomic E-state index is 0. The molecule has 0 aromatic carbocycles. The first-order valence-electron chi connectivity index (χ1n) is 7.22. The van der Waals surface area contributed by atoms with E-state index in [2.05, 4.69) is 39.2 Å². The summed E-state index contributed by atoms with van der Waals surface area (Å²) in [4.78, 5) is 13.3. The van der Waals surface area contributed by atoms with Gasteiger partial charge in [0, 0.05) is 19.6 Å². The van der Waals surface area contributed by atoms with Crippen LogP contribution in [0.5, 0.6) is 0 Å². The second-order valence-electron chi connectivity index (χ2n) is 6.48. The molecule has 2 aliphatic carbocycles. The van der Waals surface area contributed by atoms with Gasteiger partial charge < -0.3 is 15.1 Å². The largest absolute Gasteiger partial charge is 0.363 e. The van der Waals surface area contributed by atoms with Crippen molar-refractivity contribution in [3.05, 3.63) is 6.33 Å². The molecule has 5 nitrogen and oxygen atoms in total. The topological polar surface area (TPSA) is 44.3 Å². The summed E-state index contributed by atoms with van der Waals surface area (Å²) in [5.41, 5.74) is 1.48. The normalized spacial score (nSPS) is 30.4. The molecule has 1 aliphatic heterocycles. The van der Waals surface area contributed by atoms with Gasteiger partial charge in [0.1, 0.15) is 12.0 Å². The van der Waals surface area contributed by atoms with Crippen LogP contribution >= 0.6 is 12.4 Å². The van der Waals surface area contributed by atoms with Crippen molar-refractivity contribution >= 4 is 29.7 Å². The molecule has 20 heavy (non-hydrogen) atoms. The van der Waals surface area contributed by atoms with E-state index in [1.54, 1.807) is 6.33 Å². The summed E-state index contributed by atoms with van der Waals surface area (Å²) in [5.74, 6) is 3.02. The summed E-state index contributed by atoms with van der Waals surface area (Å²) in [6.07, 6.45) is 8.39. The van der Waals surface area contributed by atoms with Gasteiger partial charge in [0.05, 0.1) is 6.67 Å². The molecule has 0 spiro atoms. The van der Waals surface area contributed by atoms with Crippen molar-refractivity contribution in [2.24, 2.45) is 5.92 Å². The lowest BCUT2D eigenvalue weighted by Crippen LogP contribution is -2.34. The zero-order chi connectivity index (χ0) is 13.0. The van der Waals surface area contributed by atoms with Crippen molar-refractivity contribution in [1.82, 2.24) is 9.97 Å². The molecular formula is C14H22ClN5. The average Bonchev–Trinajstić information content (AvgIpc) is 3.05. The van der Waals surface area contributed by atoms with Crippen molar-refractivity contribution in [2.75, 3.05) is 35.9 Å². The predicted molar refractivity (Wildman–Crippen MR) is 83.9 cm³/mol. The predicted octanol–water partition coefficient (Wildman–Crippen LogP) is 2.49. The quantitative estimate of drug-likeness (QED) is 0.908. The molecule has 0 saturated heterocycles. The van der Waals surface area contributed by atoms with E-state index in [4.69, 9.17) is 0 Å². The van der Waals surface area contributed by atoms with Crippen LogP contribution in [-0.4, -0.2) is 36.3 Å². The number of nitrogens with one attached hydrogen (secondary N) is 1. The van der Waals surface area contributed by atoms with Crippen LogP contribution in [0.25, 0.3) is 0 Å². The average molecular weight is 296 g/mol. The molecule has 0 atom stereocenters. The number of anilines is 3. The van der Waals surface area contributed by atoms with Gasteiger partial charge in [0.15, 0.2) is 11.6 Å². The molecule has 0 unspecified atom stereocenters. The molecule has 4 rings (SSSR count). The van der Waals surface area contributed by atoms with Gasteiger partial charge in [-0.1, -0.05) is 0 Å².